The molecule has 9 heteroatoms. The zero-order valence-corrected chi connectivity index (χ0v) is 20.1. The van der Waals surface area contributed by atoms with E-state index in [9.17, 15) is 9.59 Å². The fourth-order valence-electron chi connectivity index (χ4n) is 4.27. The molecule has 0 aliphatic carbocycles. The summed E-state index contributed by atoms with van der Waals surface area (Å²) in [7, 11) is 0. The molecular formula is C26H21Cl2N5O2. The summed E-state index contributed by atoms with van der Waals surface area (Å²) in [5.41, 5.74) is 5.74. The number of amides is 2. The van der Waals surface area contributed by atoms with Gasteiger partial charge in [-0.3, -0.25) is 9.59 Å². The first-order valence-electron chi connectivity index (χ1n) is 11.1. The van der Waals surface area contributed by atoms with Crippen molar-refractivity contribution >= 4 is 58.0 Å². The minimum atomic E-state index is -0.299. The molecule has 4 aromatic rings. The molecule has 1 aliphatic heterocycles. The number of nitrogens with zero attached hydrogens (tertiary/aromatic N) is 4. The van der Waals surface area contributed by atoms with Gasteiger partial charge in [-0.15, -0.1) is 0 Å². The van der Waals surface area contributed by atoms with E-state index >= 15 is 0 Å². The average Bonchev–Trinajstić information content (AvgIpc) is 3.40. The second-order valence-electron chi connectivity index (χ2n) is 8.27. The second kappa shape index (κ2) is 9.90. The molecule has 1 unspecified atom stereocenters. The molecule has 0 spiro atoms. The Morgan fingerprint density at radius 1 is 1.06 bits per heavy atom. The van der Waals surface area contributed by atoms with Crippen molar-refractivity contribution in [1.82, 2.24) is 15.0 Å². The zero-order chi connectivity index (χ0) is 24.4. The molecule has 176 valence electrons. The van der Waals surface area contributed by atoms with Gasteiger partial charge in [0.25, 0.3) is 5.91 Å². The molecule has 1 aromatic heterocycles. The van der Waals surface area contributed by atoms with E-state index in [2.05, 4.69) is 10.5 Å². The normalized spacial score (nSPS) is 15.9. The maximum absolute atomic E-state index is 12.8. The maximum atomic E-state index is 12.8. The number of fused-ring (bicyclic) bond motifs is 1. The zero-order valence-electron chi connectivity index (χ0n) is 18.6. The summed E-state index contributed by atoms with van der Waals surface area (Å²) in [5, 5.41) is 5.26. The van der Waals surface area contributed by atoms with Crippen molar-refractivity contribution in [1.29, 1.82) is 0 Å². The van der Waals surface area contributed by atoms with Crippen molar-refractivity contribution in [3.05, 3.63) is 94.2 Å². The van der Waals surface area contributed by atoms with Gasteiger partial charge in [0.05, 0.1) is 17.2 Å². The number of imidazole rings is 1. The Kier molecular flexibility index (Phi) is 6.53. The van der Waals surface area contributed by atoms with E-state index in [1.54, 1.807) is 29.2 Å². The van der Waals surface area contributed by atoms with Crippen molar-refractivity contribution in [2.75, 3.05) is 11.4 Å². The summed E-state index contributed by atoms with van der Waals surface area (Å²) >= 11 is 12.0. The van der Waals surface area contributed by atoms with Gasteiger partial charge in [-0.1, -0.05) is 47.5 Å². The van der Waals surface area contributed by atoms with Crippen LogP contribution in [0.25, 0.3) is 11.0 Å². The number of carbonyl (C=O) groups is 2. The van der Waals surface area contributed by atoms with Crippen molar-refractivity contribution in [2.45, 2.75) is 18.9 Å². The first kappa shape index (κ1) is 23.1. The molecule has 0 saturated carbocycles. The van der Waals surface area contributed by atoms with Gasteiger partial charge in [-0.25, -0.2) is 10.4 Å². The molecule has 5 rings (SSSR count). The number of hydrogen-bond donors (Lipinski definition) is 1. The highest BCUT2D eigenvalue weighted by Gasteiger charge is 2.35. The summed E-state index contributed by atoms with van der Waals surface area (Å²) in [6, 6.07) is 22.0. The number of benzene rings is 3. The lowest BCUT2D eigenvalue weighted by atomic mass is 10.1. The summed E-state index contributed by atoms with van der Waals surface area (Å²) < 4.78 is 1.86. The van der Waals surface area contributed by atoms with Gasteiger partial charge in [0.15, 0.2) is 0 Å². The Balaban J connectivity index is 1.37. The van der Waals surface area contributed by atoms with E-state index in [0.717, 1.165) is 22.3 Å². The molecular weight excluding hydrogens is 485 g/mol. The Labute approximate surface area is 212 Å². The third-order valence-electron chi connectivity index (χ3n) is 5.87. The minimum absolute atomic E-state index is 0.00602. The van der Waals surface area contributed by atoms with Crippen LogP contribution in [0.15, 0.2) is 77.9 Å². The molecule has 1 aliphatic rings. The Hall–Kier alpha value is -3.68. The molecule has 1 fully saturated rings. The maximum Gasteiger partial charge on any atom is 0.260 e. The Morgan fingerprint density at radius 3 is 2.66 bits per heavy atom. The highest BCUT2D eigenvalue weighted by Crippen LogP contribution is 2.33. The number of hydrazone groups is 1. The number of anilines is 1. The van der Waals surface area contributed by atoms with Crippen LogP contribution in [-0.4, -0.2) is 34.1 Å². The number of nitrogens with one attached hydrogen (secondary N) is 1. The third-order valence-corrected chi connectivity index (χ3v) is 6.35. The van der Waals surface area contributed by atoms with Gasteiger partial charge in [-0.2, -0.15) is 5.10 Å². The quantitative estimate of drug-likeness (QED) is 0.295. The van der Waals surface area contributed by atoms with Crippen LogP contribution in [0.2, 0.25) is 10.0 Å². The van der Waals surface area contributed by atoms with Crippen LogP contribution in [0.3, 0.4) is 0 Å². The lowest BCUT2D eigenvalue weighted by Crippen LogP contribution is -2.26. The van der Waals surface area contributed by atoms with Crippen LogP contribution >= 0.6 is 23.2 Å². The number of carbonyl (C=O) groups excluding carboxylic acids is 2. The van der Waals surface area contributed by atoms with Gasteiger partial charge in [0.2, 0.25) is 5.91 Å². The SMILES string of the molecule is O=C(Cn1c(C2CC(=O)N(c3ccc(Cl)cc3)C2)nc2ccccc21)NN=Cc1cccc(Cl)c1. The van der Waals surface area contributed by atoms with E-state index in [1.807, 2.05) is 53.1 Å². The predicted molar refractivity (Wildman–Crippen MR) is 138 cm³/mol. The summed E-state index contributed by atoms with van der Waals surface area (Å²) in [5.74, 6) is 0.247. The molecule has 35 heavy (non-hydrogen) atoms. The fraction of sp³-hybridized carbons (Fsp3) is 0.154. The van der Waals surface area contributed by atoms with Gasteiger partial charge < -0.3 is 9.47 Å². The van der Waals surface area contributed by atoms with Crippen LogP contribution in [0.1, 0.15) is 23.7 Å². The lowest BCUT2D eigenvalue weighted by Gasteiger charge is -2.17. The van der Waals surface area contributed by atoms with Gasteiger partial charge in [-0.05, 0) is 54.1 Å². The summed E-state index contributed by atoms with van der Waals surface area (Å²) in [4.78, 5) is 32.1. The number of aromatic nitrogens is 2. The highest BCUT2D eigenvalue weighted by molar-refractivity contribution is 6.31. The Morgan fingerprint density at radius 2 is 1.86 bits per heavy atom. The van der Waals surface area contributed by atoms with Gasteiger partial charge in [0.1, 0.15) is 12.4 Å². The Bertz CT molecular complexity index is 1430. The van der Waals surface area contributed by atoms with E-state index in [-0.39, 0.29) is 24.3 Å². The molecule has 2 amide bonds. The fourth-order valence-corrected chi connectivity index (χ4v) is 4.59. The van der Waals surface area contributed by atoms with E-state index in [0.29, 0.717) is 28.8 Å². The highest BCUT2D eigenvalue weighted by atomic mass is 35.5. The number of halogens is 2. The van der Waals surface area contributed by atoms with Crippen molar-refractivity contribution in [3.8, 4) is 0 Å². The molecule has 7 nitrogen and oxygen atoms in total. The summed E-state index contributed by atoms with van der Waals surface area (Å²) in [6.07, 6.45) is 1.84. The topological polar surface area (TPSA) is 79.6 Å². The molecule has 1 N–H and O–H groups in total. The predicted octanol–water partition coefficient (Wildman–Crippen LogP) is 5.01. The van der Waals surface area contributed by atoms with Gasteiger partial charge >= 0.3 is 0 Å². The molecule has 0 bridgehead atoms. The molecule has 2 heterocycles. The largest absolute Gasteiger partial charge is 0.318 e. The van der Waals surface area contributed by atoms with E-state index in [4.69, 9.17) is 28.2 Å². The summed E-state index contributed by atoms with van der Waals surface area (Å²) in [6.45, 7) is 0.493. The van der Waals surface area contributed by atoms with Crippen LogP contribution in [0.4, 0.5) is 5.69 Å². The van der Waals surface area contributed by atoms with Crippen LogP contribution in [-0.2, 0) is 16.1 Å². The first-order valence-corrected chi connectivity index (χ1v) is 11.8. The average molecular weight is 506 g/mol. The van der Waals surface area contributed by atoms with Crippen LogP contribution in [0, 0.1) is 0 Å². The molecule has 1 atom stereocenters. The smallest absolute Gasteiger partial charge is 0.260 e. The lowest BCUT2D eigenvalue weighted by molar-refractivity contribution is -0.121. The monoisotopic (exact) mass is 505 g/mol. The second-order valence-corrected chi connectivity index (χ2v) is 9.15. The van der Waals surface area contributed by atoms with Crippen molar-refractivity contribution in [3.63, 3.8) is 0 Å². The number of rotatable bonds is 6. The molecule has 1 saturated heterocycles. The van der Waals surface area contributed by atoms with Crippen LogP contribution in [0.5, 0.6) is 0 Å². The standard InChI is InChI=1S/C26H21Cl2N5O2/c27-19-8-10-21(11-9-19)32-15-18(13-25(32)35)26-30-22-6-1-2-7-23(22)33(26)16-24(34)31-29-14-17-4-3-5-20(28)12-17/h1-12,14,18H,13,15-16H2,(H,31,34). The first-order chi connectivity index (χ1) is 17.0. The van der Waals surface area contributed by atoms with Gasteiger partial charge in [0, 0.05) is 34.6 Å². The number of para-hydroxylation sites is 2. The van der Waals surface area contributed by atoms with E-state index in [1.165, 1.54) is 6.21 Å². The van der Waals surface area contributed by atoms with Crippen molar-refractivity contribution in [2.24, 2.45) is 5.10 Å². The van der Waals surface area contributed by atoms with E-state index < -0.39 is 0 Å². The number of hydrogen-bond acceptors (Lipinski definition) is 4. The third kappa shape index (κ3) is 5.06. The molecule has 3 aromatic carbocycles. The van der Waals surface area contributed by atoms with Crippen LogP contribution < -0.4 is 10.3 Å². The molecule has 0 radical (unpaired) electrons. The minimum Gasteiger partial charge on any atom is -0.318 e. The van der Waals surface area contributed by atoms with Crippen molar-refractivity contribution < 1.29 is 9.59 Å².